The van der Waals surface area contributed by atoms with E-state index in [0.717, 1.165) is 6.07 Å². The van der Waals surface area contributed by atoms with Crippen molar-refractivity contribution in [3.8, 4) is 17.2 Å². The van der Waals surface area contributed by atoms with E-state index in [4.69, 9.17) is 18.9 Å². The number of carbonyl (C=O) groups is 2. The summed E-state index contributed by atoms with van der Waals surface area (Å²) >= 11 is 0.653. The number of nitrogens with zero attached hydrogens (tertiary/aromatic N) is 1. The number of nitrogens with one attached hydrogen (secondary N) is 1. The molecule has 0 spiro atoms. The van der Waals surface area contributed by atoms with E-state index in [0.29, 0.717) is 17.1 Å². The molecule has 2 rings (SSSR count). The van der Waals surface area contributed by atoms with Crippen molar-refractivity contribution in [3.63, 3.8) is 0 Å². The van der Waals surface area contributed by atoms with Gasteiger partial charge in [-0.25, -0.2) is 4.79 Å². The van der Waals surface area contributed by atoms with Gasteiger partial charge in [0.05, 0.1) is 32.9 Å². The molecule has 0 aliphatic carbocycles. The first kappa shape index (κ1) is 21.0. The molecular formula is C17H18N2O8S. The Labute approximate surface area is 164 Å². The van der Waals surface area contributed by atoms with Crippen molar-refractivity contribution in [3.05, 3.63) is 39.4 Å². The van der Waals surface area contributed by atoms with Crippen LogP contribution >= 0.6 is 11.3 Å². The molecule has 150 valence electrons. The standard InChI is InChI=1S/C17H18N2O8S/c1-5-27-17(21)10-8-13(19(22)23)28-16(10)18-15(20)9-6-11(24-2)14(26-4)12(7-9)25-3/h6-8H,5H2,1-4H3,(H,18,20). The van der Waals surface area contributed by atoms with E-state index in [2.05, 4.69) is 5.32 Å². The number of thiophene rings is 1. The van der Waals surface area contributed by atoms with E-state index in [9.17, 15) is 19.7 Å². The Bertz CT molecular complexity index is 884. The number of hydrogen-bond donors (Lipinski definition) is 1. The van der Waals surface area contributed by atoms with Crippen LogP contribution in [0.5, 0.6) is 17.2 Å². The maximum absolute atomic E-state index is 12.7. The SMILES string of the molecule is CCOC(=O)c1cc([N+](=O)[O-])sc1NC(=O)c1cc(OC)c(OC)c(OC)c1. The summed E-state index contributed by atoms with van der Waals surface area (Å²) in [7, 11) is 4.23. The maximum atomic E-state index is 12.7. The van der Waals surface area contributed by atoms with Crippen LogP contribution in [0.2, 0.25) is 0 Å². The third kappa shape index (κ3) is 4.31. The lowest BCUT2D eigenvalue weighted by molar-refractivity contribution is -0.380. The number of carbonyl (C=O) groups excluding carboxylic acids is 2. The Kier molecular flexibility index (Phi) is 6.77. The van der Waals surface area contributed by atoms with E-state index < -0.39 is 16.8 Å². The molecule has 28 heavy (non-hydrogen) atoms. The van der Waals surface area contributed by atoms with Crippen LogP contribution in [0.15, 0.2) is 18.2 Å². The average molecular weight is 410 g/mol. The number of anilines is 1. The van der Waals surface area contributed by atoms with Gasteiger partial charge in [-0.1, -0.05) is 0 Å². The normalized spacial score (nSPS) is 10.1. The largest absolute Gasteiger partial charge is 0.493 e. The van der Waals surface area contributed by atoms with Gasteiger partial charge in [-0.05, 0) is 30.4 Å². The fourth-order valence-electron chi connectivity index (χ4n) is 2.31. The summed E-state index contributed by atoms with van der Waals surface area (Å²) in [6.45, 7) is 1.69. The molecular weight excluding hydrogens is 392 g/mol. The number of rotatable bonds is 8. The molecule has 1 N–H and O–H groups in total. The quantitative estimate of drug-likeness (QED) is 0.400. The smallest absolute Gasteiger partial charge is 0.341 e. The Balaban J connectivity index is 2.42. The summed E-state index contributed by atoms with van der Waals surface area (Å²) in [5.41, 5.74) is 0.0414. The zero-order valence-electron chi connectivity index (χ0n) is 15.6. The lowest BCUT2D eigenvalue weighted by atomic mass is 10.1. The molecule has 0 saturated carbocycles. The highest BCUT2D eigenvalue weighted by molar-refractivity contribution is 7.19. The molecule has 1 aromatic carbocycles. The number of esters is 1. The van der Waals surface area contributed by atoms with Gasteiger partial charge in [0.2, 0.25) is 5.75 Å². The third-order valence-electron chi connectivity index (χ3n) is 3.55. The van der Waals surface area contributed by atoms with Crippen LogP contribution in [0, 0.1) is 10.1 Å². The maximum Gasteiger partial charge on any atom is 0.341 e. The average Bonchev–Trinajstić information content (AvgIpc) is 3.11. The van der Waals surface area contributed by atoms with Gasteiger partial charge in [-0.3, -0.25) is 14.9 Å². The summed E-state index contributed by atoms with van der Waals surface area (Å²) in [4.78, 5) is 35.1. The molecule has 0 unspecified atom stereocenters. The second-order valence-corrected chi connectivity index (χ2v) is 6.20. The molecule has 0 saturated heterocycles. The molecule has 0 fully saturated rings. The second kappa shape index (κ2) is 9.04. The molecule has 11 heteroatoms. The number of methoxy groups -OCH3 is 3. The van der Waals surface area contributed by atoms with Crippen molar-refractivity contribution in [1.29, 1.82) is 0 Å². The zero-order valence-corrected chi connectivity index (χ0v) is 16.4. The van der Waals surface area contributed by atoms with E-state index >= 15 is 0 Å². The van der Waals surface area contributed by atoms with Gasteiger partial charge in [-0.15, -0.1) is 0 Å². The van der Waals surface area contributed by atoms with Crippen LogP contribution in [0.1, 0.15) is 27.6 Å². The van der Waals surface area contributed by atoms with Gasteiger partial charge in [0.1, 0.15) is 10.6 Å². The van der Waals surface area contributed by atoms with Crippen molar-refractivity contribution >= 4 is 33.2 Å². The Morgan fingerprint density at radius 2 is 1.71 bits per heavy atom. The highest BCUT2D eigenvalue weighted by Gasteiger charge is 2.25. The molecule has 10 nitrogen and oxygen atoms in total. The minimum Gasteiger partial charge on any atom is -0.493 e. The van der Waals surface area contributed by atoms with Crippen molar-refractivity contribution in [2.24, 2.45) is 0 Å². The van der Waals surface area contributed by atoms with E-state index in [1.165, 1.54) is 33.5 Å². The van der Waals surface area contributed by atoms with Gasteiger partial charge in [0.15, 0.2) is 11.5 Å². The highest BCUT2D eigenvalue weighted by Crippen LogP contribution is 2.39. The van der Waals surface area contributed by atoms with Crippen LogP contribution in [0.25, 0.3) is 0 Å². The zero-order chi connectivity index (χ0) is 20.8. The topological polar surface area (TPSA) is 126 Å². The number of ether oxygens (including phenoxy) is 4. The number of benzene rings is 1. The first-order chi connectivity index (χ1) is 13.4. The fourth-order valence-corrected chi connectivity index (χ4v) is 3.17. The summed E-state index contributed by atoms with van der Waals surface area (Å²) in [6, 6.07) is 3.90. The number of hydrogen-bond acceptors (Lipinski definition) is 9. The van der Waals surface area contributed by atoms with Gasteiger partial charge in [0.25, 0.3) is 5.91 Å². The van der Waals surface area contributed by atoms with E-state index in [-0.39, 0.29) is 39.2 Å². The summed E-state index contributed by atoms with van der Waals surface area (Å²) in [5, 5.41) is 13.2. The lowest BCUT2D eigenvalue weighted by Crippen LogP contribution is -2.14. The van der Waals surface area contributed by atoms with Crippen LogP contribution < -0.4 is 19.5 Å². The first-order valence-electron chi connectivity index (χ1n) is 7.92. The van der Waals surface area contributed by atoms with E-state index in [1.807, 2.05) is 0 Å². The third-order valence-corrected chi connectivity index (χ3v) is 4.55. The van der Waals surface area contributed by atoms with Gasteiger partial charge in [-0.2, -0.15) is 0 Å². The predicted octanol–water partition coefficient (Wildman–Crippen LogP) is 3.11. The molecule has 1 aromatic heterocycles. The Morgan fingerprint density at radius 3 is 2.18 bits per heavy atom. The van der Waals surface area contributed by atoms with Crippen LogP contribution in [0.4, 0.5) is 10.0 Å². The minimum atomic E-state index is -0.771. The van der Waals surface area contributed by atoms with E-state index in [1.54, 1.807) is 6.92 Å². The molecule has 0 bridgehead atoms. The van der Waals surface area contributed by atoms with Gasteiger partial charge in [0, 0.05) is 11.6 Å². The molecule has 0 aliphatic rings. The summed E-state index contributed by atoms with van der Waals surface area (Å²) in [6.07, 6.45) is 0. The molecule has 1 heterocycles. The minimum absolute atomic E-state index is 0.00361. The fraction of sp³-hybridized carbons (Fsp3) is 0.294. The van der Waals surface area contributed by atoms with Crippen molar-refractivity contribution in [2.45, 2.75) is 6.92 Å². The number of nitro groups is 1. The van der Waals surface area contributed by atoms with Crippen molar-refractivity contribution in [1.82, 2.24) is 0 Å². The molecule has 1 amide bonds. The van der Waals surface area contributed by atoms with Crippen LogP contribution in [-0.4, -0.2) is 44.7 Å². The highest BCUT2D eigenvalue weighted by atomic mass is 32.1. The van der Waals surface area contributed by atoms with Crippen molar-refractivity contribution < 1.29 is 33.5 Å². The summed E-state index contributed by atoms with van der Waals surface area (Å²) in [5.74, 6) is -0.571. The lowest BCUT2D eigenvalue weighted by Gasteiger charge is -2.14. The predicted molar refractivity (Wildman–Crippen MR) is 101 cm³/mol. The monoisotopic (exact) mass is 410 g/mol. The van der Waals surface area contributed by atoms with Crippen LogP contribution in [-0.2, 0) is 4.74 Å². The van der Waals surface area contributed by atoms with Crippen LogP contribution in [0.3, 0.4) is 0 Å². The Hall–Kier alpha value is -3.34. The molecule has 0 aliphatic heterocycles. The summed E-state index contributed by atoms with van der Waals surface area (Å²) < 4.78 is 20.5. The Morgan fingerprint density at radius 1 is 1.11 bits per heavy atom. The van der Waals surface area contributed by atoms with Crippen molar-refractivity contribution in [2.75, 3.05) is 33.3 Å². The molecule has 2 aromatic rings. The second-order valence-electron chi connectivity index (χ2n) is 5.17. The molecule has 0 atom stereocenters. The van der Waals surface area contributed by atoms with Gasteiger partial charge >= 0.3 is 11.0 Å². The number of amides is 1. The molecule has 0 radical (unpaired) electrons. The van der Waals surface area contributed by atoms with Gasteiger partial charge < -0.3 is 24.3 Å². The first-order valence-corrected chi connectivity index (χ1v) is 8.74.